The summed E-state index contributed by atoms with van der Waals surface area (Å²) in [7, 11) is 0. The third-order valence-electron chi connectivity index (χ3n) is 2.43. The number of hydrogen-bond donors (Lipinski definition) is 3. The zero-order valence-corrected chi connectivity index (χ0v) is 9.23. The maximum Gasteiger partial charge on any atom is 0.260 e. The Labute approximate surface area is 97.1 Å². The molecule has 0 saturated carbocycles. The summed E-state index contributed by atoms with van der Waals surface area (Å²) in [6, 6.07) is 2.88. The van der Waals surface area contributed by atoms with E-state index in [0.717, 1.165) is 5.56 Å². The average Bonchev–Trinajstić information content (AvgIpc) is 2.82. The van der Waals surface area contributed by atoms with Crippen molar-refractivity contribution in [2.45, 2.75) is 13.0 Å². The Morgan fingerprint density at radius 1 is 1.53 bits per heavy atom. The molecule has 0 aliphatic carbocycles. The number of H-pyrrole nitrogens is 2. The van der Waals surface area contributed by atoms with Crippen molar-refractivity contribution < 1.29 is 4.79 Å². The first-order valence-corrected chi connectivity index (χ1v) is 5.15. The van der Waals surface area contributed by atoms with E-state index < -0.39 is 11.5 Å². The molecular formula is C11H12N4O2. The summed E-state index contributed by atoms with van der Waals surface area (Å²) in [5.74, 6) is -0.402. The lowest BCUT2D eigenvalue weighted by Crippen LogP contribution is -2.31. The Morgan fingerprint density at radius 2 is 2.35 bits per heavy atom. The molecule has 3 N–H and O–H groups in total. The molecule has 6 heteroatoms. The summed E-state index contributed by atoms with van der Waals surface area (Å²) in [4.78, 5) is 25.7. The van der Waals surface area contributed by atoms with Crippen molar-refractivity contribution in [3.8, 4) is 0 Å². The monoisotopic (exact) mass is 232 g/mol. The van der Waals surface area contributed by atoms with Crippen LogP contribution in [0.25, 0.3) is 0 Å². The van der Waals surface area contributed by atoms with Crippen LogP contribution in [-0.4, -0.2) is 21.1 Å². The van der Waals surface area contributed by atoms with E-state index in [-0.39, 0.29) is 11.6 Å². The van der Waals surface area contributed by atoms with Gasteiger partial charge in [-0.3, -0.25) is 14.7 Å². The highest BCUT2D eigenvalue weighted by Crippen LogP contribution is 2.09. The van der Waals surface area contributed by atoms with Gasteiger partial charge in [0.1, 0.15) is 5.56 Å². The van der Waals surface area contributed by atoms with E-state index in [1.165, 1.54) is 12.3 Å². The number of carbonyl (C=O) groups is 1. The zero-order chi connectivity index (χ0) is 12.3. The van der Waals surface area contributed by atoms with Crippen molar-refractivity contribution in [2.75, 3.05) is 0 Å². The molecule has 0 bridgehead atoms. The zero-order valence-electron chi connectivity index (χ0n) is 9.23. The van der Waals surface area contributed by atoms with Crippen LogP contribution in [0.5, 0.6) is 0 Å². The van der Waals surface area contributed by atoms with Gasteiger partial charge in [-0.25, -0.2) is 0 Å². The van der Waals surface area contributed by atoms with Gasteiger partial charge in [0.2, 0.25) is 0 Å². The van der Waals surface area contributed by atoms with Gasteiger partial charge in [0.25, 0.3) is 11.5 Å². The summed E-state index contributed by atoms with van der Waals surface area (Å²) in [5, 5.41) is 9.18. The van der Waals surface area contributed by atoms with Crippen LogP contribution in [0.2, 0.25) is 0 Å². The lowest BCUT2D eigenvalue weighted by atomic mass is 10.1. The molecule has 0 fully saturated rings. The van der Waals surface area contributed by atoms with Gasteiger partial charge in [-0.1, -0.05) is 0 Å². The molecule has 2 aromatic heterocycles. The Kier molecular flexibility index (Phi) is 3.04. The van der Waals surface area contributed by atoms with Gasteiger partial charge in [-0.2, -0.15) is 5.10 Å². The molecular weight excluding hydrogens is 220 g/mol. The number of carbonyl (C=O) groups excluding carboxylic acids is 1. The van der Waals surface area contributed by atoms with Crippen molar-refractivity contribution in [1.29, 1.82) is 0 Å². The van der Waals surface area contributed by atoms with Gasteiger partial charge in [-0.05, 0) is 19.1 Å². The first-order valence-electron chi connectivity index (χ1n) is 5.15. The Balaban J connectivity index is 2.13. The standard InChI is InChI=1S/C11H12N4O2/c1-7(8-5-13-14-6-8)15-11(17)9-3-2-4-12-10(9)16/h2-7H,1H3,(H,12,16)(H,13,14)(H,15,17). The predicted octanol–water partition coefficient (Wildman–Crippen LogP) is 0.589. The number of hydrogen-bond acceptors (Lipinski definition) is 3. The summed E-state index contributed by atoms with van der Waals surface area (Å²) in [5.41, 5.74) is 0.554. The fraction of sp³-hybridized carbons (Fsp3) is 0.182. The van der Waals surface area contributed by atoms with Crippen LogP contribution in [0.15, 0.2) is 35.5 Å². The normalized spacial score (nSPS) is 12.1. The van der Waals surface area contributed by atoms with Crippen molar-refractivity contribution in [1.82, 2.24) is 20.5 Å². The molecule has 0 spiro atoms. The largest absolute Gasteiger partial charge is 0.345 e. The van der Waals surface area contributed by atoms with Crippen LogP contribution < -0.4 is 10.9 Å². The highest BCUT2D eigenvalue weighted by molar-refractivity contribution is 5.93. The van der Waals surface area contributed by atoms with Gasteiger partial charge in [-0.15, -0.1) is 0 Å². The summed E-state index contributed by atoms with van der Waals surface area (Å²) in [6.45, 7) is 1.82. The molecule has 1 unspecified atom stereocenters. The van der Waals surface area contributed by atoms with Crippen LogP contribution in [0.3, 0.4) is 0 Å². The molecule has 0 aliphatic heterocycles. The molecule has 17 heavy (non-hydrogen) atoms. The average molecular weight is 232 g/mol. The van der Waals surface area contributed by atoms with E-state index in [2.05, 4.69) is 20.5 Å². The molecule has 1 atom stereocenters. The second-order valence-corrected chi connectivity index (χ2v) is 3.64. The quantitative estimate of drug-likeness (QED) is 0.723. The van der Waals surface area contributed by atoms with Crippen LogP contribution in [0.1, 0.15) is 28.9 Å². The maximum absolute atomic E-state index is 11.8. The molecule has 0 radical (unpaired) electrons. The van der Waals surface area contributed by atoms with Crippen molar-refractivity contribution >= 4 is 5.91 Å². The SMILES string of the molecule is CC(NC(=O)c1ccc[nH]c1=O)c1cn[nH]c1. The molecule has 0 aromatic carbocycles. The van der Waals surface area contributed by atoms with Crippen LogP contribution >= 0.6 is 0 Å². The van der Waals surface area contributed by atoms with Gasteiger partial charge in [0.05, 0.1) is 12.2 Å². The van der Waals surface area contributed by atoms with Gasteiger partial charge in [0.15, 0.2) is 0 Å². The Hall–Kier alpha value is -2.37. The minimum Gasteiger partial charge on any atom is -0.345 e. The Morgan fingerprint density at radius 3 is 3.00 bits per heavy atom. The second-order valence-electron chi connectivity index (χ2n) is 3.64. The number of aromatic amines is 2. The molecule has 0 saturated heterocycles. The predicted molar refractivity (Wildman–Crippen MR) is 61.5 cm³/mol. The summed E-state index contributed by atoms with van der Waals surface area (Å²) >= 11 is 0. The van der Waals surface area contributed by atoms with Crippen molar-refractivity contribution in [3.63, 3.8) is 0 Å². The van der Waals surface area contributed by atoms with Gasteiger partial charge < -0.3 is 10.3 Å². The van der Waals surface area contributed by atoms with E-state index in [1.807, 2.05) is 6.92 Å². The lowest BCUT2D eigenvalue weighted by molar-refractivity contribution is 0.0938. The lowest BCUT2D eigenvalue weighted by Gasteiger charge is -2.11. The van der Waals surface area contributed by atoms with Gasteiger partial charge in [0, 0.05) is 18.0 Å². The summed E-state index contributed by atoms with van der Waals surface area (Å²) in [6.07, 6.45) is 4.80. The van der Waals surface area contributed by atoms with Crippen molar-refractivity contribution in [2.24, 2.45) is 0 Å². The van der Waals surface area contributed by atoms with E-state index in [0.29, 0.717) is 0 Å². The number of pyridine rings is 1. The van der Waals surface area contributed by atoms with E-state index >= 15 is 0 Å². The number of aromatic nitrogens is 3. The molecule has 88 valence electrons. The van der Waals surface area contributed by atoms with Crippen LogP contribution in [0, 0.1) is 0 Å². The second kappa shape index (κ2) is 4.65. The molecule has 1 amide bonds. The highest BCUT2D eigenvalue weighted by atomic mass is 16.2. The van der Waals surface area contributed by atoms with E-state index in [9.17, 15) is 9.59 Å². The fourth-order valence-electron chi connectivity index (χ4n) is 1.46. The topological polar surface area (TPSA) is 90.6 Å². The Bertz CT molecular complexity index is 559. The molecule has 0 aliphatic rings. The van der Waals surface area contributed by atoms with Gasteiger partial charge >= 0.3 is 0 Å². The third-order valence-corrected chi connectivity index (χ3v) is 2.43. The van der Waals surface area contributed by atoms with Crippen LogP contribution in [-0.2, 0) is 0 Å². The molecule has 2 aromatic rings. The number of nitrogens with zero attached hydrogens (tertiary/aromatic N) is 1. The van der Waals surface area contributed by atoms with E-state index in [4.69, 9.17) is 0 Å². The van der Waals surface area contributed by atoms with E-state index in [1.54, 1.807) is 18.5 Å². The molecule has 2 heterocycles. The highest BCUT2D eigenvalue weighted by Gasteiger charge is 2.14. The summed E-state index contributed by atoms with van der Waals surface area (Å²) < 4.78 is 0. The number of amides is 1. The third kappa shape index (κ3) is 2.41. The first kappa shape index (κ1) is 11.1. The number of rotatable bonds is 3. The first-order chi connectivity index (χ1) is 8.18. The van der Waals surface area contributed by atoms with Crippen LogP contribution in [0.4, 0.5) is 0 Å². The minimum absolute atomic E-state index is 0.0999. The molecule has 6 nitrogen and oxygen atoms in total. The minimum atomic E-state index is -0.402. The number of nitrogens with one attached hydrogen (secondary N) is 3. The molecule has 2 rings (SSSR count). The maximum atomic E-state index is 11.8. The smallest absolute Gasteiger partial charge is 0.260 e. The fourth-order valence-corrected chi connectivity index (χ4v) is 1.46. The van der Waals surface area contributed by atoms with Crippen molar-refractivity contribution in [3.05, 3.63) is 52.2 Å².